The van der Waals surface area contributed by atoms with E-state index in [1.54, 1.807) is 11.1 Å². The van der Waals surface area contributed by atoms with E-state index in [0.29, 0.717) is 30.4 Å². The Morgan fingerprint density at radius 2 is 1.56 bits per heavy atom. The van der Waals surface area contributed by atoms with E-state index in [1.807, 2.05) is 91.5 Å². The van der Waals surface area contributed by atoms with E-state index in [9.17, 15) is 19.2 Å². The number of alkyl carbamates (subject to hydrolysis) is 2. The minimum Gasteiger partial charge on any atom is -0.453 e. The van der Waals surface area contributed by atoms with Crippen molar-refractivity contribution >= 4 is 45.8 Å². The van der Waals surface area contributed by atoms with Crippen LogP contribution in [0, 0.1) is 23.7 Å². The molecule has 14 heteroatoms. The Bertz CT molecular complexity index is 2720. The number of ether oxygens (including phenoxy) is 2. The highest BCUT2D eigenvalue weighted by atomic mass is 16.5. The molecular weight excluding hydrogens is 809 g/mol. The quantitative estimate of drug-likeness (QED) is 0.0941. The van der Waals surface area contributed by atoms with Gasteiger partial charge in [0.25, 0.3) is 5.91 Å². The summed E-state index contributed by atoms with van der Waals surface area (Å²) in [5.41, 5.74) is 5.89. The van der Waals surface area contributed by atoms with Gasteiger partial charge in [-0.05, 0) is 84.4 Å². The first-order chi connectivity index (χ1) is 31.0. The number of nitrogens with one attached hydrogen (secondary N) is 4. The third kappa shape index (κ3) is 9.15. The number of H-pyrrole nitrogens is 2. The lowest BCUT2D eigenvalue weighted by Gasteiger charge is -2.30. The largest absolute Gasteiger partial charge is 0.453 e. The van der Waals surface area contributed by atoms with Crippen molar-refractivity contribution in [3.05, 3.63) is 119 Å². The van der Waals surface area contributed by atoms with Gasteiger partial charge in [0, 0.05) is 29.6 Å². The Hall–Kier alpha value is -7.14. The van der Waals surface area contributed by atoms with Crippen LogP contribution in [0.15, 0.2) is 91.1 Å². The fourth-order valence-corrected chi connectivity index (χ4v) is 9.10. The molecule has 0 bridgehead atoms. The highest BCUT2D eigenvalue weighted by Gasteiger charge is 2.41. The first kappa shape index (κ1) is 43.5. The van der Waals surface area contributed by atoms with Crippen molar-refractivity contribution in [1.29, 1.82) is 0 Å². The number of methoxy groups -OCH3 is 2. The molecule has 6 aromatic rings. The summed E-state index contributed by atoms with van der Waals surface area (Å²) in [5.74, 6) is 7.91. The highest BCUT2D eigenvalue weighted by molar-refractivity contribution is 6.04. The van der Waals surface area contributed by atoms with Gasteiger partial charge < -0.3 is 39.9 Å². The normalized spacial score (nSPS) is 18.1. The van der Waals surface area contributed by atoms with Crippen LogP contribution in [0.2, 0.25) is 0 Å². The standard InChI is InChI=1S/C50H54N8O6/c1-6-11-33-27-41(58(29-33)47(59)42(30(2)3)55-49(61)63-4)46-52-38-24-22-36-26-32(19-23-37(36)44(38)54-46)16-15-31-17-20-34(21-18-31)39-28-51-45(53-39)40-14-10-25-57(40)48(60)43(56-50(62)64-5)35-12-8-7-9-13-35/h7-9,12-13,17-24,26,28,30,33,40-43H,6,10-11,14,25,27,29H2,1-5H3,(H,51,53)(H,52,54)(H,55,61)(H,56,62). The van der Waals surface area contributed by atoms with Crippen LogP contribution in [0.25, 0.3) is 33.1 Å². The fraction of sp³-hybridized carbons (Fsp3) is 0.360. The molecule has 4 heterocycles. The minimum absolute atomic E-state index is 0.125. The average Bonchev–Trinajstić information content (AvgIpc) is 4.16. The number of hydrogen-bond donors (Lipinski definition) is 4. The van der Waals surface area contributed by atoms with Gasteiger partial charge in [-0.15, -0.1) is 0 Å². The molecule has 330 valence electrons. The molecule has 0 saturated carbocycles. The number of fused-ring (bicyclic) bond motifs is 3. The molecule has 4 N–H and O–H groups in total. The molecule has 0 radical (unpaired) electrons. The number of carbonyl (C=O) groups excluding carboxylic acids is 4. The van der Waals surface area contributed by atoms with E-state index >= 15 is 0 Å². The van der Waals surface area contributed by atoms with Crippen LogP contribution >= 0.6 is 0 Å². The zero-order chi connectivity index (χ0) is 44.9. The molecule has 0 aliphatic carbocycles. The lowest BCUT2D eigenvalue weighted by molar-refractivity contribution is -0.136. The third-order valence-electron chi connectivity index (χ3n) is 12.4. The molecule has 0 spiro atoms. The molecule has 5 atom stereocenters. The Balaban J connectivity index is 0.966. The van der Waals surface area contributed by atoms with Crippen molar-refractivity contribution in [2.24, 2.45) is 11.8 Å². The molecule has 4 aromatic carbocycles. The van der Waals surface area contributed by atoms with Gasteiger partial charge in [-0.1, -0.05) is 93.6 Å². The molecule has 2 saturated heterocycles. The number of rotatable bonds is 11. The number of aromatic amines is 2. The van der Waals surface area contributed by atoms with E-state index in [0.717, 1.165) is 82.1 Å². The number of amides is 4. The second kappa shape index (κ2) is 19.1. The summed E-state index contributed by atoms with van der Waals surface area (Å²) in [6.45, 7) is 7.15. The SMILES string of the molecule is CCCC1CC(c2nc3c(ccc4cc(C#Cc5ccc(-c6cnc(C7CCCN7C(=O)C(NC(=O)OC)c7ccccc7)[nH]6)cc5)ccc43)[nH]2)N(C(=O)C(NC(=O)OC)C(C)C)C1. The van der Waals surface area contributed by atoms with E-state index in [4.69, 9.17) is 19.4 Å². The van der Waals surface area contributed by atoms with Crippen molar-refractivity contribution < 1.29 is 28.7 Å². The van der Waals surface area contributed by atoms with Crippen LogP contribution in [0.3, 0.4) is 0 Å². The van der Waals surface area contributed by atoms with Gasteiger partial charge in [0.15, 0.2) is 0 Å². The van der Waals surface area contributed by atoms with Crippen molar-refractivity contribution in [3.63, 3.8) is 0 Å². The van der Waals surface area contributed by atoms with Crippen LogP contribution in [-0.2, 0) is 19.1 Å². The van der Waals surface area contributed by atoms with Crippen molar-refractivity contribution in [3.8, 4) is 23.1 Å². The lowest BCUT2D eigenvalue weighted by Crippen LogP contribution is -2.51. The summed E-state index contributed by atoms with van der Waals surface area (Å²) in [6.07, 6.45) is 4.85. The first-order valence-electron chi connectivity index (χ1n) is 22.0. The summed E-state index contributed by atoms with van der Waals surface area (Å²) in [4.78, 5) is 72.8. The van der Waals surface area contributed by atoms with Gasteiger partial charge in [0.05, 0.1) is 49.2 Å². The molecule has 14 nitrogen and oxygen atoms in total. The molecule has 2 aliphatic heterocycles. The van der Waals surface area contributed by atoms with E-state index < -0.39 is 24.3 Å². The molecule has 8 rings (SSSR count). The van der Waals surface area contributed by atoms with Crippen LogP contribution in [0.1, 0.15) is 99.3 Å². The second-order valence-corrected chi connectivity index (χ2v) is 17.0. The maximum absolute atomic E-state index is 14.0. The van der Waals surface area contributed by atoms with E-state index in [2.05, 4.69) is 51.5 Å². The summed E-state index contributed by atoms with van der Waals surface area (Å²) in [5, 5.41) is 7.46. The predicted octanol–water partition coefficient (Wildman–Crippen LogP) is 8.34. The first-order valence-corrected chi connectivity index (χ1v) is 22.0. The van der Waals surface area contributed by atoms with Crippen LogP contribution in [0.4, 0.5) is 9.59 Å². The number of nitrogens with zero attached hydrogens (tertiary/aromatic N) is 4. The molecule has 5 unspecified atom stereocenters. The Kier molecular flexibility index (Phi) is 13.0. The van der Waals surface area contributed by atoms with E-state index in [-0.39, 0.29) is 29.8 Å². The monoisotopic (exact) mass is 862 g/mol. The third-order valence-corrected chi connectivity index (χ3v) is 12.4. The van der Waals surface area contributed by atoms with Gasteiger partial charge >= 0.3 is 12.2 Å². The van der Waals surface area contributed by atoms with Gasteiger partial charge in [-0.3, -0.25) is 9.59 Å². The molecule has 64 heavy (non-hydrogen) atoms. The van der Waals surface area contributed by atoms with Crippen molar-refractivity contribution in [2.75, 3.05) is 27.3 Å². The smallest absolute Gasteiger partial charge is 0.407 e. The summed E-state index contributed by atoms with van der Waals surface area (Å²) in [7, 11) is 2.58. The van der Waals surface area contributed by atoms with Crippen molar-refractivity contribution in [2.45, 2.75) is 77.0 Å². The average molecular weight is 863 g/mol. The molecule has 2 aliphatic rings. The Morgan fingerprint density at radius 1 is 0.828 bits per heavy atom. The molecule has 4 amide bonds. The lowest BCUT2D eigenvalue weighted by atomic mass is 10.0. The maximum Gasteiger partial charge on any atom is 0.407 e. The van der Waals surface area contributed by atoms with Crippen LogP contribution in [-0.4, -0.2) is 87.1 Å². The van der Waals surface area contributed by atoms with Gasteiger partial charge in [0.1, 0.15) is 23.7 Å². The summed E-state index contributed by atoms with van der Waals surface area (Å²) in [6, 6.07) is 25.2. The second-order valence-electron chi connectivity index (χ2n) is 17.0. The Labute approximate surface area is 372 Å². The van der Waals surface area contributed by atoms with E-state index in [1.165, 1.54) is 14.2 Å². The topological polar surface area (TPSA) is 175 Å². The number of imidazole rings is 2. The minimum atomic E-state index is -0.886. The predicted molar refractivity (Wildman–Crippen MR) is 244 cm³/mol. The zero-order valence-electron chi connectivity index (χ0n) is 36.8. The number of aromatic nitrogens is 4. The van der Waals surface area contributed by atoms with Crippen LogP contribution in [0.5, 0.6) is 0 Å². The summed E-state index contributed by atoms with van der Waals surface area (Å²) < 4.78 is 9.67. The molecular formula is C50H54N8O6. The van der Waals surface area contributed by atoms with Crippen molar-refractivity contribution in [1.82, 2.24) is 40.4 Å². The molecule has 2 fully saturated rings. The number of hydrogen-bond acceptors (Lipinski definition) is 8. The highest BCUT2D eigenvalue weighted by Crippen LogP contribution is 2.39. The maximum atomic E-state index is 14.0. The molecule has 2 aromatic heterocycles. The number of benzene rings is 4. The summed E-state index contributed by atoms with van der Waals surface area (Å²) >= 11 is 0. The zero-order valence-corrected chi connectivity index (χ0v) is 36.8. The Morgan fingerprint density at radius 3 is 2.30 bits per heavy atom. The number of carbonyl (C=O) groups is 4. The van der Waals surface area contributed by atoms with Gasteiger partial charge in [-0.2, -0.15) is 0 Å². The van der Waals surface area contributed by atoms with Gasteiger partial charge in [0.2, 0.25) is 5.91 Å². The number of likely N-dealkylation sites (tertiary alicyclic amines) is 2. The fourth-order valence-electron chi connectivity index (χ4n) is 9.10. The van der Waals surface area contributed by atoms with Gasteiger partial charge in [-0.25, -0.2) is 19.6 Å². The van der Waals surface area contributed by atoms with Crippen LogP contribution < -0.4 is 10.6 Å².